The van der Waals surface area contributed by atoms with E-state index in [9.17, 15) is 13.2 Å². The number of anilines is 1. The van der Waals surface area contributed by atoms with Crippen LogP contribution in [0, 0.1) is 0 Å². The van der Waals surface area contributed by atoms with Crippen molar-refractivity contribution >= 4 is 21.6 Å². The smallest absolute Gasteiger partial charge is 0.242 e. The second-order valence-electron chi connectivity index (χ2n) is 5.19. The van der Waals surface area contributed by atoms with Crippen molar-refractivity contribution in [3.05, 3.63) is 54.6 Å². The predicted octanol–water partition coefficient (Wildman–Crippen LogP) is 2.34. The van der Waals surface area contributed by atoms with Crippen molar-refractivity contribution < 1.29 is 17.9 Å². The molecule has 128 valence electrons. The van der Waals surface area contributed by atoms with Gasteiger partial charge in [0, 0.05) is 26.2 Å². The molecule has 1 N–H and O–H groups in total. The number of carbonyl (C=O) groups is 1. The van der Waals surface area contributed by atoms with Crippen molar-refractivity contribution in [1.29, 1.82) is 0 Å². The highest BCUT2D eigenvalue weighted by atomic mass is 32.2. The van der Waals surface area contributed by atoms with Gasteiger partial charge in [-0.05, 0) is 36.4 Å². The van der Waals surface area contributed by atoms with Gasteiger partial charge in [-0.2, -0.15) is 4.31 Å². The molecule has 0 aromatic heterocycles. The first-order valence-corrected chi connectivity index (χ1v) is 8.85. The normalized spacial score (nSPS) is 11.3. The maximum atomic E-state index is 12.5. The van der Waals surface area contributed by atoms with Gasteiger partial charge in [0.15, 0.2) is 0 Å². The van der Waals surface area contributed by atoms with Crippen molar-refractivity contribution in [3.8, 4) is 5.75 Å². The Morgan fingerprint density at radius 1 is 1.08 bits per heavy atom. The second-order valence-corrected chi connectivity index (χ2v) is 7.24. The highest BCUT2D eigenvalue weighted by Gasteiger charge is 2.20. The summed E-state index contributed by atoms with van der Waals surface area (Å²) in [5.41, 5.74) is 0.552. The maximum Gasteiger partial charge on any atom is 0.242 e. The molecule has 6 nitrogen and oxygen atoms in total. The number of nitrogens with zero attached hydrogens (tertiary/aromatic N) is 1. The third kappa shape index (κ3) is 4.81. The van der Waals surface area contributed by atoms with Gasteiger partial charge in [-0.1, -0.05) is 18.2 Å². The number of carbonyl (C=O) groups excluding carboxylic acids is 1. The van der Waals surface area contributed by atoms with Crippen LogP contribution in [0.3, 0.4) is 0 Å². The summed E-state index contributed by atoms with van der Waals surface area (Å²) in [5.74, 6) is 0.490. The molecule has 0 radical (unpaired) electrons. The molecule has 0 saturated heterocycles. The lowest BCUT2D eigenvalue weighted by Gasteiger charge is -2.17. The Balaban J connectivity index is 1.96. The average Bonchev–Trinajstić information content (AvgIpc) is 2.55. The summed E-state index contributed by atoms with van der Waals surface area (Å²) in [6.45, 7) is 1.87. The molecule has 0 saturated carbocycles. The summed E-state index contributed by atoms with van der Waals surface area (Å²) < 4.78 is 31.7. The Kier molecular flexibility index (Phi) is 5.94. The molecule has 2 rings (SSSR count). The molecule has 0 spiro atoms. The highest BCUT2D eigenvalue weighted by Crippen LogP contribution is 2.17. The molecule has 0 fully saturated rings. The second kappa shape index (κ2) is 7.94. The van der Waals surface area contributed by atoms with E-state index in [1.165, 1.54) is 30.4 Å². The first-order valence-electron chi connectivity index (χ1n) is 7.41. The van der Waals surface area contributed by atoms with Crippen LogP contribution in [-0.4, -0.2) is 38.8 Å². The van der Waals surface area contributed by atoms with E-state index in [2.05, 4.69) is 5.32 Å². The molecule has 1 amide bonds. The minimum absolute atomic E-state index is 0.166. The fraction of sp³-hybridized carbons (Fsp3) is 0.235. The molecule has 0 bridgehead atoms. The first kappa shape index (κ1) is 18.0. The van der Waals surface area contributed by atoms with Crippen LogP contribution >= 0.6 is 0 Å². The summed E-state index contributed by atoms with van der Waals surface area (Å²) in [6.07, 6.45) is 0. The SMILES string of the molecule is CC(=O)Nc1ccc(S(=O)(=O)N(C)CCOc2ccccc2)cc1. The molecule has 0 unspecified atom stereocenters. The minimum Gasteiger partial charge on any atom is -0.492 e. The van der Waals surface area contributed by atoms with Crippen molar-refractivity contribution in [3.63, 3.8) is 0 Å². The molecule has 2 aromatic rings. The van der Waals surface area contributed by atoms with Gasteiger partial charge >= 0.3 is 0 Å². The average molecular weight is 348 g/mol. The number of benzene rings is 2. The monoisotopic (exact) mass is 348 g/mol. The topological polar surface area (TPSA) is 75.7 Å². The van der Waals surface area contributed by atoms with Gasteiger partial charge in [-0.3, -0.25) is 4.79 Å². The molecule has 0 heterocycles. The third-order valence-electron chi connectivity index (χ3n) is 3.30. The summed E-state index contributed by atoms with van der Waals surface area (Å²) in [4.78, 5) is 11.2. The van der Waals surface area contributed by atoms with E-state index in [0.717, 1.165) is 0 Å². The van der Waals surface area contributed by atoms with Crippen LogP contribution in [0.1, 0.15) is 6.92 Å². The zero-order valence-electron chi connectivity index (χ0n) is 13.6. The lowest BCUT2D eigenvalue weighted by molar-refractivity contribution is -0.114. The van der Waals surface area contributed by atoms with Crippen LogP contribution in [0.5, 0.6) is 5.75 Å². The van der Waals surface area contributed by atoms with E-state index >= 15 is 0 Å². The fourth-order valence-electron chi connectivity index (χ4n) is 2.02. The zero-order chi connectivity index (χ0) is 17.6. The summed E-state index contributed by atoms with van der Waals surface area (Å²) in [5, 5.41) is 2.60. The van der Waals surface area contributed by atoms with Crippen molar-refractivity contribution in [1.82, 2.24) is 4.31 Å². The standard InChI is InChI=1S/C17H20N2O4S/c1-14(20)18-15-8-10-17(11-9-15)24(21,22)19(2)12-13-23-16-6-4-3-5-7-16/h3-11H,12-13H2,1-2H3,(H,18,20). The Hall–Kier alpha value is -2.38. The lowest BCUT2D eigenvalue weighted by Crippen LogP contribution is -2.31. The van der Waals surface area contributed by atoms with Gasteiger partial charge < -0.3 is 10.1 Å². The van der Waals surface area contributed by atoms with Gasteiger partial charge in [-0.15, -0.1) is 0 Å². The van der Waals surface area contributed by atoms with Crippen LogP contribution in [0.15, 0.2) is 59.5 Å². The van der Waals surface area contributed by atoms with E-state index in [0.29, 0.717) is 11.4 Å². The molecular weight excluding hydrogens is 328 g/mol. The quantitative estimate of drug-likeness (QED) is 0.833. The van der Waals surface area contributed by atoms with Gasteiger partial charge in [0.1, 0.15) is 12.4 Å². The van der Waals surface area contributed by atoms with Crippen LogP contribution in [0.2, 0.25) is 0 Å². The number of hydrogen-bond acceptors (Lipinski definition) is 4. The van der Waals surface area contributed by atoms with Gasteiger partial charge in [-0.25, -0.2) is 8.42 Å². The number of amides is 1. The Labute approximate surface area is 142 Å². The van der Waals surface area contributed by atoms with Crippen molar-refractivity contribution in [2.75, 3.05) is 25.5 Å². The summed E-state index contributed by atoms with van der Waals surface area (Å²) >= 11 is 0. The van der Waals surface area contributed by atoms with E-state index in [-0.39, 0.29) is 24.0 Å². The highest BCUT2D eigenvalue weighted by molar-refractivity contribution is 7.89. The molecule has 0 aliphatic rings. The molecule has 0 atom stereocenters. The van der Waals surface area contributed by atoms with Crippen LogP contribution in [0.4, 0.5) is 5.69 Å². The summed E-state index contributed by atoms with van der Waals surface area (Å²) in [7, 11) is -2.09. The van der Waals surface area contributed by atoms with Gasteiger partial charge in [0.2, 0.25) is 15.9 Å². The molecule has 0 aliphatic carbocycles. The first-order chi connectivity index (χ1) is 11.4. The van der Waals surface area contributed by atoms with Gasteiger partial charge in [0.05, 0.1) is 4.90 Å². The minimum atomic E-state index is -3.60. The van der Waals surface area contributed by atoms with E-state index in [4.69, 9.17) is 4.74 Å². The number of rotatable bonds is 7. The molecule has 2 aromatic carbocycles. The van der Waals surface area contributed by atoms with Crippen LogP contribution < -0.4 is 10.1 Å². The van der Waals surface area contributed by atoms with Gasteiger partial charge in [0.25, 0.3) is 0 Å². The van der Waals surface area contributed by atoms with E-state index < -0.39 is 10.0 Å². The number of likely N-dealkylation sites (N-methyl/N-ethyl adjacent to an activating group) is 1. The maximum absolute atomic E-state index is 12.5. The van der Waals surface area contributed by atoms with Crippen LogP contribution in [0.25, 0.3) is 0 Å². The predicted molar refractivity (Wildman–Crippen MR) is 92.5 cm³/mol. The van der Waals surface area contributed by atoms with Crippen molar-refractivity contribution in [2.45, 2.75) is 11.8 Å². The number of para-hydroxylation sites is 1. The largest absolute Gasteiger partial charge is 0.492 e. The third-order valence-corrected chi connectivity index (χ3v) is 5.17. The lowest BCUT2D eigenvalue weighted by atomic mass is 10.3. The fourth-order valence-corrected chi connectivity index (χ4v) is 3.18. The Bertz CT molecular complexity index is 774. The molecular formula is C17H20N2O4S. The number of sulfonamides is 1. The number of nitrogens with one attached hydrogen (secondary N) is 1. The number of hydrogen-bond donors (Lipinski definition) is 1. The zero-order valence-corrected chi connectivity index (χ0v) is 14.4. The molecule has 24 heavy (non-hydrogen) atoms. The number of ether oxygens (including phenoxy) is 1. The van der Waals surface area contributed by atoms with Crippen LogP contribution in [-0.2, 0) is 14.8 Å². The van der Waals surface area contributed by atoms with Crippen molar-refractivity contribution in [2.24, 2.45) is 0 Å². The molecule has 0 aliphatic heterocycles. The van der Waals surface area contributed by atoms with E-state index in [1.54, 1.807) is 12.1 Å². The summed E-state index contributed by atoms with van der Waals surface area (Å²) in [6, 6.07) is 15.3. The Morgan fingerprint density at radius 2 is 1.71 bits per heavy atom. The van der Waals surface area contributed by atoms with E-state index in [1.807, 2.05) is 30.3 Å². The Morgan fingerprint density at radius 3 is 2.29 bits per heavy atom. The molecule has 7 heteroatoms.